The topological polar surface area (TPSA) is 29.0 Å². The Bertz CT molecular complexity index is 467. The van der Waals surface area contributed by atoms with E-state index in [1.165, 1.54) is 5.56 Å². The Balaban J connectivity index is 2.06. The maximum Gasteiger partial charge on any atom is 0.132 e. The summed E-state index contributed by atoms with van der Waals surface area (Å²) in [5.74, 6) is 0.986. The lowest BCUT2D eigenvalue weighted by molar-refractivity contribution is 0.674. The molecule has 0 saturated carbocycles. The molecular formula is C13H17N3S. The van der Waals surface area contributed by atoms with E-state index >= 15 is 0 Å². The van der Waals surface area contributed by atoms with Gasteiger partial charge in [0.1, 0.15) is 12.1 Å². The van der Waals surface area contributed by atoms with Crippen molar-refractivity contribution in [3.63, 3.8) is 0 Å². The van der Waals surface area contributed by atoms with Gasteiger partial charge in [-0.2, -0.15) is 11.3 Å². The predicted octanol–water partition coefficient (Wildman–Crippen LogP) is 2.91. The first-order valence-corrected chi connectivity index (χ1v) is 6.63. The quantitative estimate of drug-likeness (QED) is 0.832. The molecule has 1 unspecified atom stereocenters. The lowest BCUT2D eigenvalue weighted by atomic mass is 10.1. The lowest BCUT2D eigenvalue weighted by Gasteiger charge is -2.25. The first-order valence-electron chi connectivity index (χ1n) is 5.69. The van der Waals surface area contributed by atoms with Crippen LogP contribution in [-0.2, 0) is 6.42 Å². The Morgan fingerprint density at radius 3 is 2.88 bits per heavy atom. The summed E-state index contributed by atoms with van der Waals surface area (Å²) in [4.78, 5) is 10.6. The number of likely N-dealkylation sites (N-methyl/N-ethyl adjacent to an activating group) is 1. The molecule has 2 aromatic heterocycles. The summed E-state index contributed by atoms with van der Waals surface area (Å²) in [6, 6.07) is 4.63. The monoisotopic (exact) mass is 247 g/mol. The van der Waals surface area contributed by atoms with Gasteiger partial charge in [0.15, 0.2) is 0 Å². The molecule has 0 spiro atoms. The summed E-state index contributed by atoms with van der Waals surface area (Å²) >= 11 is 1.75. The lowest BCUT2D eigenvalue weighted by Crippen LogP contribution is -2.31. The van der Waals surface area contributed by atoms with Crippen molar-refractivity contribution >= 4 is 17.2 Å². The van der Waals surface area contributed by atoms with E-state index in [1.807, 2.05) is 13.0 Å². The van der Waals surface area contributed by atoms with Gasteiger partial charge in [0.05, 0.1) is 0 Å². The van der Waals surface area contributed by atoms with Gasteiger partial charge in [-0.3, -0.25) is 0 Å². The van der Waals surface area contributed by atoms with E-state index in [-0.39, 0.29) is 0 Å². The zero-order chi connectivity index (χ0) is 12.3. The highest BCUT2D eigenvalue weighted by molar-refractivity contribution is 7.07. The third-order valence-electron chi connectivity index (χ3n) is 2.92. The van der Waals surface area contributed by atoms with E-state index in [0.717, 1.165) is 17.9 Å². The third kappa shape index (κ3) is 3.03. The van der Waals surface area contributed by atoms with Gasteiger partial charge in [0.2, 0.25) is 0 Å². The van der Waals surface area contributed by atoms with E-state index in [1.54, 1.807) is 17.7 Å². The second-order valence-corrected chi connectivity index (χ2v) is 5.09. The van der Waals surface area contributed by atoms with Gasteiger partial charge >= 0.3 is 0 Å². The van der Waals surface area contributed by atoms with Crippen LogP contribution in [0.2, 0.25) is 0 Å². The minimum Gasteiger partial charge on any atom is -0.357 e. The molecule has 0 aliphatic rings. The molecule has 2 aromatic rings. The van der Waals surface area contributed by atoms with Gasteiger partial charge in [0, 0.05) is 24.8 Å². The van der Waals surface area contributed by atoms with Crippen LogP contribution >= 0.6 is 11.3 Å². The van der Waals surface area contributed by atoms with Crippen LogP contribution in [0.15, 0.2) is 29.2 Å². The van der Waals surface area contributed by atoms with Crippen molar-refractivity contribution in [3.05, 3.63) is 40.5 Å². The normalized spacial score (nSPS) is 12.4. The number of aromatic nitrogens is 2. The minimum absolute atomic E-state index is 0.430. The van der Waals surface area contributed by atoms with Crippen LogP contribution in [-0.4, -0.2) is 23.1 Å². The largest absolute Gasteiger partial charge is 0.357 e. The smallest absolute Gasteiger partial charge is 0.132 e. The van der Waals surface area contributed by atoms with Crippen molar-refractivity contribution in [2.45, 2.75) is 26.3 Å². The molecule has 3 nitrogen and oxygen atoms in total. The van der Waals surface area contributed by atoms with Crippen LogP contribution in [0, 0.1) is 6.92 Å². The fourth-order valence-electron chi connectivity index (χ4n) is 1.75. The predicted molar refractivity (Wildman–Crippen MR) is 72.7 cm³/mol. The number of nitrogens with zero attached hydrogens (tertiary/aromatic N) is 3. The SMILES string of the molecule is Cc1cc(N(C)C(C)Cc2ccsc2)ncn1. The van der Waals surface area contributed by atoms with Crippen LogP contribution in [0.4, 0.5) is 5.82 Å². The molecular weight excluding hydrogens is 230 g/mol. The summed E-state index contributed by atoms with van der Waals surface area (Å²) in [5, 5.41) is 4.33. The number of rotatable bonds is 4. The molecule has 2 rings (SSSR count). The third-order valence-corrected chi connectivity index (χ3v) is 3.66. The van der Waals surface area contributed by atoms with E-state index in [0.29, 0.717) is 6.04 Å². The molecule has 0 N–H and O–H groups in total. The average molecular weight is 247 g/mol. The van der Waals surface area contributed by atoms with Gasteiger partial charge in [-0.15, -0.1) is 0 Å². The Morgan fingerprint density at radius 1 is 1.41 bits per heavy atom. The first kappa shape index (κ1) is 12.0. The van der Waals surface area contributed by atoms with E-state index < -0.39 is 0 Å². The maximum absolute atomic E-state index is 4.31. The van der Waals surface area contributed by atoms with E-state index in [2.05, 4.69) is 45.7 Å². The average Bonchev–Trinajstić information content (AvgIpc) is 2.80. The zero-order valence-corrected chi connectivity index (χ0v) is 11.2. The molecule has 0 aromatic carbocycles. The van der Waals surface area contributed by atoms with Crippen LogP contribution in [0.5, 0.6) is 0 Å². The molecule has 1 atom stereocenters. The first-order chi connectivity index (χ1) is 8.16. The minimum atomic E-state index is 0.430. The number of hydrogen-bond acceptors (Lipinski definition) is 4. The Morgan fingerprint density at radius 2 is 2.24 bits per heavy atom. The molecule has 0 aliphatic carbocycles. The molecule has 0 radical (unpaired) electrons. The number of thiophene rings is 1. The van der Waals surface area contributed by atoms with E-state index in [9.17, 15) is 0 Å². The molecule has 0 fully saturated rings. The summed E-state index contributed by atoms with van der Waals surface area (Å²) < 4.78 is 0. The second kappa shape index (κ2) is 5.27. The molecule has 0 saturated heterocycles. The zero-order valence-electron chi connectivity index (χ0n) is 10.4. The molecule has 17 heavy (non-hydrogen) atoms. The van der Waals surface area contributed by atoms with Gasteiger partial charge in [-0.05, 0) is 42.7 Å². The van der Waals surface area contributed by atoms with Crippen LogP contribution in [0.3, 0.4) is 0 Å². The summed E-state index contributed by atoms with van der Waals surface area (Å²) in [6.07, 6.45) is 2.67. The van der Waals surface area contributed by atoms with Crippen molar-refractivity contribution < 1.29 is 0 Å². The Kier molecular flexibility index (Phi) is 3.74. The van der Waals surface area contributed by atoms with Crippen molar-refractivity contribution in [3.8, 4) is 0 Å². The second-order valence-electron chi connectivity index (χ2n) is 4.31. The number of anilines is 1. The van der Waals surface area contributed by atoms with Crippen LogP contribution in [0.25, 0.3) is 0 Å². The van der Waals surface area contributed by atoms with Crippen LogP contribution in [0.1, 0.15) is 18.2 Å². The Labute approximate surface area is 106 Å². The van der Waals surface area contributed by atoms with Crippen molar-refractivity contribution in [2.75, 3.05) is 11.9 Å². The molecule has 0 amide bonds. The van der Waals surface area contributed by atoms with Gasteiger partial charge < -0.3 is 4.90 Å². The van der Waals surface area contributed by atoms with Gasteiger partial charge in [0.25, 0.3) is 0 Å². The summed E-state index contributed by atoms with van der Waals surface area (Å²) in [6.45, 7) is 4.21. The van der Waals surface area contributed by atoms with Crippen LogP contribution < -0.4 is 4.90 Å². The summed E-state index contributed by atoms with van der Waals surface area (Å²) in [7, 11) is 2.08. The number of hydrogen-bond donors (Lipinski definition) is 0. The molecule has 2 heterocycles. The molecule has 0 bridgehead atoms. The summed E-state index contributed by atoms with van der Waals surface area (Å²) in [5.41, 5.74) is 2.39. The highest BCUT2D eigenvalue weighted by Crippen LogP contribution is 2.16. The fourth-order valence-corrected chi connectivity index (χ4v) is 2.43. The van der Waals surface area contributed by atoms with Gasteiger partial charge in [-0.1, -0.05) is 0 Å². The maximum atomic E-state index is 4.31. The highest BCUT2D eigenvalue weighted by atomic mass is 32.1. The van der Waals surface area contributed by atoms with Gasteiger partial charge in [-0.25, -0.2) is 9.97 Å². The number of aryl methyl sites for hydroxylation is 1. The molecule has 0 aliphatic heterocycles. The Hall–Kier alpha value is -1.42. The van der Waals surface area contributed by atoms with Crippen molar-refractivity contribution in [1.29, 1.82) is 0 Å². The highest BCUT2D eigenvalue weighted by Gasteiger charge is 2.12. The van der Waals surface area contributed by atoms with Crippen molar-refractivity contribution in [2.24, 2.45) is 0 Å². The molecule has 4 heteroatoms. The van der Waals surface area contributed by atoms with E-state index in [4.69, 9.17) is 0 Å². The van der Waals surface area contributed by atoms with Crippen molar-refractivity contribution in [1.82, 2.24) is 9.97 Å². The standard InChI is InChI=1S/C13H17N3S/c1-10-6-13(15-9-14-10)16(3)11(2)7-12-4-5-17-8-12/h4-6,8-9,11H,7H2,1-3H3. The molecule has 90 valence electrons. The fraction of sp³-hybridized carbons (Fsp3) is 0.385.